The number of hydrogen-bond acceptors (Lipinski definition) is 2. The summed E-state index contributed by atoms with van der Waals surface area (Å²) in [5.74, 6) is 1.97. The van der Waals surface area contributed by atoms with Gasteiger partial charge >= 0.3 is 0 Å². The van der Waals surface area contributed by atoms with E-state index in [1.165, 1.54) is 0 Å². The molecule has 1 aromatic carbocycles. The Morgan fingerprint density at radius 1 is 1.38 bits per heavy atom. The number of amides is 1. The van der Waals surface area contributed by atoms with Crippen LogP contribution in [0.25, 0.3) is 11.0 Å². The first-order chi connectivity index (χ1) is 10.2. The Morgan fingerprint density at radius 3 is 2.76 bits per heavy atom. The number of aromatic amines is 1. The molecule has 2 aromatic rings. The van der Waals surface area contributed by atoms with Crippen LogP contribution >= 0.6 is 0 Å². The molecule has 1 aliphatic heterocycles. The van der Waals surface area contributed by atoms with Crippen molar-refractivity contribution in [2.24, 2.45) is 5.92 Å². The van der Waals surface area contributed by atoms with Gasteiger partial charge in [-0.05, 0) is 31.4 Å². The fourth-order valence-corrected chi connectivity index (χ4v) is 3.03. The molecule has 1 fully saturated rings. The van der Waals surface area contributed by atoms with Crippen molar-refractivity contribution in [3.8, 4) is 0 Å². The average molecular weight is 285 g/mol. The topological polar surface area (TPSA) is 49.0 Å². The number of fused-ring (bicyclic) bond motifs is 1. The number of H-pyrrole nitrogens is 1. The molecule has 0 unspecified atom stereocenters. The van der Waals surface area contributed by atoms with Crippen molar-refractivity contribution >= 4 is 16.9 Å². The molecule has 2 heterocycles. The minimum Gasteiger partial charge on any atom is -0.342 e. The number of nitrogens with zero attached hydrogens (tertiary/aromatic N) is 2. The number of piperidine rings is 1. The summed E-state index contributed by atoms with van der Waals surface area (Å²) < 4.78 is 0. The van der Waals surface area contributed by atoms with Gasteiger partial charge in [-0.2, -0.15) is 0 Å². The average Bonchev–Trinajstić information content (AvgIpc) is 2.97. The van der Waals surface area contributed by atoms with E-state index in [9.17, 15) is 4.79 Å². The van der Waals surface area contributed by atoms with Gasteiger partial charge in [-0.1, -0.05) is 26.0 Å². The highest BCUT2D eigenvalue weighted by atomic mass is 16.2. The maximum atomic E-state index is 12.2. The van der Waals surface area contributed by atoms with Crippen molar-refractivity contribution in [1.82, 2.24) is 14.9 Å². The Kier molecular flexibility index (Phi) is 3.95. The van der Waals surface area contributed by atoms with E-state index in [1.54, 1.807) is 0 Å². The summed E-state index contributed by atoms with van der Waals surface area (Å²) in [5, 5.41) is 0. The van der Waals surface area contributed by atoms with Gasteiger partial charge in [0, 0.05) is 24.9 Å². The van der Waals surface area contributed by atoms with Crippen molar-refractivity contribution in [1.29, 1.82) is 0 Å². The molecule has 0 saturated carbocycles. The molecule has 1 atom stereocenters. The van der Waals surface area contributed by atoms with Gasteiger partial charge in [0.15, 0.2) is 0 Å². The lowest BCUT2D eigenvalue weighted by molar-refractivity contribution is -0.136. The number of rotatable bonds is 3. The van der Waals surface area contributed by atoms with Gasteiger partial charge in [0.05, 0.1) is 11.0 Å². The number of benzene rings is 1. The first-order valence-corrected chi connectivity index (χ1v) is 7.92. The first-order valence-electron chi connectivity index (χ1n) is 7.92. The van der Waals surface area contributed by atoms with Crippen molar-refractivity contribution in [2.45, 2.75) is 39.0 Å². The van der Waals surface area contributed by atoms with Gasteiger partial charge in [-0.25, -0.2) is 4.98 Å². The molecule has 0 radical (unpaired) electrons. The molecule has 4 nitrogen and oxygen atoms in total. The van der Waals surface area contributed by atoms with E-state index < -0.39 is 0 Å². The van der Waals surface area contributed by atoms with Crippen LogP contribution in [0.2, 0.25) is 0 Å². The standard InChI is InChI=1S/C17H23N3O/c1-3-12(2)17(21)20-10-8-13(9-11-20)16-18-14-6-4-5-7-15(14)19-16/h4-7,12-13H,3,8-11H2,1-2H3,(H,18,19)/t12-/m0/s1. The minimum atomic E-state index is 0.146. The summed E-state index contributed by atoms with van der Waals surface area (Å²) in [5.41, 5.74) is 2.14. The number of imidazole rings is 1. The van der Waals surface area contributed by atoms with Crippen LogP contribution in [0, 0.1) is 5.92 Å². The number of carbonyl (C=O) groups excluding carboxylic acids is 1. The van der Waals surface area contributed by atoms with Crippen molar-refractivity contribution in [3.63, 3.8) is 0 Å². The van der Waals surface area contributed by atoms with Gasteiger partial charge in [-0.15, -0.1) is 0 Å². The molecule has 1 N–H and O–H groups in total. The Morgan fingerprint density at radius 2 is 2.10 bits per heavy atom. The molecule has 1 aromatic heterocycles. The van der Waals surface area contributed by atoms with Crippen LogP contribution in [-0.4, -0.2) is 33.9 Å². The SMILES string of the molecule is CC[C@H](C)C(=O)N1CCC(c2nc3ccccc3[nH]2)CC1. The maximum absolute atomic E-state index is 12.2. The van der Waals surface area contributed by atoms with E-state index in [0.717, 1.165) is 49.2 Å². The van der Waals surface area contributed by atoms with Crippen LogP contribution in [0.1, 0.15) is 44.9 Å². The van der Waals surface area contributed by atoms with Crippen molar-refractivity contribution < 1.29 is 4.79 Å². The van der Waals surface area contributed by atoms with Gasteiger partial charge in [0.25, 0.3) is 0 Å². The molecule has 3 rings (SSSR count). The van der Waals surface area contributed by atoms with Crippen LogP contribution < -0.4 is 0 Å². The molecular formula is C17H23N3O. The predicted molar refractivity (Wildman–Crippen MR) is 84.1 cm³/mol. The van der Waals surface area contributed by atoms with E-state index in [0.29, 0.717) is 11.8 Å². The lowest BCUT2D eigenvalue weighted by Crippen LogP contribution is -2.40. The predicted octanol–water partition coefficient (Wildman–Crippen LogP) is 3.32. The van der Waals surface area contributed by atoms with Crippen LogP contribution in [0.3, 0.4) is 0 Å². The molecular weight excluding hydrogens is 262 g/mol. The summed E-state index contributed by atoms with van der Waals surface area (Å²) in [4.78, 5) is 22.4. The molecule has 1 saturated heterocycles. The number of likely N-dealkylation sites (tertiary alicyclic amines) is 1. The summed E-state index contributed by atoms with van der Waals surface area (Å²) in [6, 6.07) is 8.14. The second kappa shape index (κ2) is 5.88. The molecule has 0 bridgehead atoms. The summed E-state index contributed by atoms with van der Waals surface area (Å²) in [7, 11) is 0. The Labute approximate surface area is 125 Å². The lowest BCUT2D eigenvalue weighted by Gasteiger charge is -2.32. The monoisotopic (exact) mass is 285 g/mol. The number of hydrogen-bond donors (Lipinski definition) is 1. The van der Waals surface area contributed by atoms with Gasteiger partial charge in [0.2, 0.25) is 5.91 Å². The summed E-state index contributed by atoms with van der Waals surface area (Å²) >= 11 is 0. The smallest absolute Gasteiger partial charge is 0.225 e. The van der Waals surface area contributed by atoms with Crippen LogP contribution in [-0.2, 0) is 4.79 Å². The fourth-order valence-electron chi connectivity index (χ4n) is 3.03. The van der Waals surface area contributed by atoms with Crippen LogP contribution in [0.15, 0.2) is 24.3 Å². The third-order valence-electron chi connectivity index (χ3n) is 4.63. The first kappa shape index (κ1) is 14.1. The molecule has 1 aliphatic rings. The van der Waals surface area contributed by atoms with E-state index in [-0.39, 0.29) is 5.92 Å². The second-order valence-electron chi connectivity index (χ2n) is 6.05. The Balaban J connectivity index is 1.67. The fraction of sp³-hybridized carbons (Fsp3) is 0.529. The lowest BCUT2D eigenvalue weighted by atomic mass is 9.95. The molecule has 21 heavy (non-hydrogen) atoms. The number of nitrogens with one attached hydrogen (secondary N) is 1. The van der Waals surface area contributed by atoms with E-state index in [1.807, 2.05) is 30.0 Å². The van der Waals surface area contributed by atoms with Gasteiger partial charge in [-0.3, -0.25) is 4.79 Å². The van der Waals surface area contributed by atoms with Crippen molar-refractivity contribution in [3.05, 3.63) is 30.1 Å². The summed E-state index contributed by atoms with van der Waals surface area (Å²) in [6.07, 6.45) is 2.92. The van der Waals surface area contributed by atoms with Crippen molar-refractivity contribution in [2.75, 3.05) is 13.1 Å². The Bertz CT molecular complexity index is 593. The van der Waals surface area contributed by atoms with Crippen LogP contribution in [0.5, 0.6) is 0 Å². The highest BCUT2D eigenvalue weighted by Gasteiger charge is 2.27. The summed E-state index contributed by atoms with van der Waals surface area (Å²) in [6.45, 7) is 5.80. The van der Waals surface area contributed by atoms with E-state index >= 15 is 0 Å². The number of aromatic nitrogens is 2. The van der Waals surface area contributed by atoms with Gasteiger partial charge < -0.3 is 9.88 Å². The largest absolute Gasteiger partial charge is 0.342 e. The quantitative estimate of drug-likeness (QED) is 0.940. The molecule has 112 valence electrons. The number of para-hydroxylation sites is 2. The molecule has 0 spiro atoms. The third-order valence-corrected chi connectivity index (χ3v) is 4.63. The second-order valence-corrected chi connectivity index (χ2v) is 6.05. The third kappa shape index (κ3) is 2.80. The highest BCUT2D eigenvalue weighted by molar-refractivity contribution is 5.78. The van der Waals surface area contributed by atoms with E-state index in [2.05, 4.69) is 18.0 Å². The maximum Gasteiger partial charge on any atom is 0.225 e. The zero-order valence-electron chi connectivity index (χ0n) is 12.8. The highest BCUT2D eigenvalue weighted by Crippen LogP contribution is 2.28. The molecule has 4 heteroatoms. The molecule has 0 aliphatic carbocycles. The normalized spacial score (nSPS) is 18.1. The minimum absolute atomic E-state index is 0.146. The number of carbonyl (C=O) groups is 1. The zero-order chi connectivity index (χ0) is 14.8. The Hall–Kier alpha value is -1.84. The van der Waals surface area contributed by atoms with E-state index in [4.69, 9.17) is 4.98 Å². The molecule has 1 amide bonds. The van der Waals surface area contributed by atoms with Crippen LogP contribution in [0.4, 0.5) is 0 Å². The van der Waals surface area contributed by atoms with Gasteiger partial charge in [0.1, 0.15) is 5.82 Å². The zero-order valence-corrected chi connectivity index (χ0v) is 12.8.